The molecule has 0 aromatic carbocycles. The summed E-state index contributed by atoms with van der Waals surface area (Å²) in [6.45, 7) is 0. The average molecular weight is 162 g/mol. The van der Waals surface area contributed by atoms with Gasteiger partial charge in [0.05, 0.1) is 0 Å². The standard InChI is InChI=1S/C3HF3O2.ClH/c4-3(5,6)2(8)1-7;/h1H;1H. The molecule has 0 aromatic heterocycles. The van der Waals surface area contributed by atoms with Gasteiger partial charge in [-0.3, -0.25) is 9.59 Å². The predicted molar refractivity (Wildman–Crippen MR) is 24.4 cm³/mol. The molecule has 0 saturated heterocycles. The maximum absolute atomic E-state index is 10.9. The Kier molecular flexibility index (Phi) is 4.31. The Hall–Kier alpha value is -0.580. The predicted octanol–water partition coefficient (Wildman–Crippen LogP) is 0.738. The van der Waals surface area contributed by atoms with E-state index in [1.807, 2.05) is 0 Å². The summed E-state index contributed by atoms with van der Waals surface area (Å²) in [5, 5.41) is 0. The Morgan fingerprint density at radius 2 is 1.67 bits per heavy atom. The summed E-state index contributed by atoms with van der Waals surface area (Å²) in [4.78, 5) is 18.4. The van der Waals surface area contributed by atoms with Crippen LogP contribution in [-0.2, 0) is 9.59 Å². The van der Waals surface area contributed by atoms with Gasteiger partial charge >= 0.3 is 6.18 Å². The molecule has 0 spiro atoms. The highest BCUT2D eigenvalue weighted by Crippen LogP contribution is 2.13. The molecule has 0 aliphatic rings. The molecule has 0 N–H and O–H groups in total. The van der Waals surface area contributed by atoms with Crippen molar-refractivity contribution in [3.8, 4) is 0 Å². The summed E-state index contributed by atoms with van der Waals surface area (Å²) in [5.74, 6) is -2.35. The van der Waals surface area contributed by atoms with Gasteiger partial charge in [-0.25, -0.2) is 0 Å². The van der Waals surface area contributed by atoms with Gasteiger partial charge in [-0.05, 0) is 0 Å². The van der Waals surface area contributed by atoms with Crippen molar-refractivity contribution >= 4 is 24.5 Å². The van der Waals surface area contributed by atoms with Crippen molar-refractivity contribution in [1.29, 1.82) is 0 Å². The molecule has 0 bridgehead atoms. The van der Waals surface area contributed by atoms with E-state index < -0.39 is 18.2 Å². The van der Waals surface area contributed by atoms with Crippen LogP contribution in [0.3, 0.4) is 0 Å². The van der Waals surface area contributed by atoms with Crippen molar-refractivity contribution in [3.63, 3.8) is 0 Å². The van der Waals surface area contributed by atoms with Crippen LogP contribution < -0.4 is 0 Å². The van der Waals surface area contributed by atoms with E-state index in [0.29, 0.717) is 0 Å². The molecule has 0 aliphatic heterocycles. The van der Waals surface area contributed by atoms with Crippen molar-refractivity contribution in [3.05, 3.63) is 0 Å². The van der Waals surface area contributed by atoms with E-state index in [1.165, 1.54) is 0 Å². The molecule has 0 fully saturated rings. The first-order valence-corrected chi connectivity index (χ1v) is 1.55. The minimum Gasteiger partial charge on any atom is -0.294 e. The van der Waals surface area contributed by atoms with Gasteiger partial charge in [-0.1, -0.05) is 0 Å². The Labute approximate surface area is 54.4 Å². The number of halogens is 4. The Morgan fingerprint density at radius 3 is 1.67 bits per heavy atom. The maximum Gasteiger partial charge on any atom is 0.457 e. The first-order chi connectivity index (χ1) is 3.48. The summed E-state index contributed by atoms with van der Waals surface area (Å²) >= 11 is 0. The molecule has 0 rings (SSSR count). The van der Waals surface area contributed by atoms with E-state index in [1.54, 1.807) is 0 Å². The highest BCUT2D eigenvalue weighted by molar-refractivity contribution is 6.27. The number of alkyl halides is 3. The number of carbonyl (C=O) groups excluding carboxylic acids is 2. The van der Waals surface area contributed by atoms with E-state index in [0.717, 1.165) is 0 Å². The van der Waals surface area contributed by atoms with Crippen LogP contribution in [0.5, 0.6) is 0 Å². The molecule has 0 atom stereocenters. The molecule has 0 unspecified atom stereocenters. The molecule has 0 aromatic rings. The van der Waals surface area contributed by atoms with Gasteiger partial charge in [0.25, 0.3) is 5.78 Å². The number of Topliss-reactive ketones (excluding diaryl/α,β-unsaturated/α-hetero) is 1. The zero-order chi connectivity index (χ0) is 6.78. The van der Waals surface area contributed by atoms with Crippen LogP contribution in [0.2, 0.25) is 0 Å². The molecule has 6 heteroatoms. The molecule has 0 radical (unpaired) electrons. The lowest BCUT2D eigenvalue weighted by Crippen LogP contribution is -2.23. The smallest absolute Gasteiger partial charge is 0.294 e. The first-order valence-electron chi connectivity index (χ1n) is 1.55. The van der Waals surface area contributed by atoms with Crippen molar-refractivity contribution < 1.29 is 22.8 Å². The van der Waals surface area contributed by atoms with E-state index in [-0.39, 0.29) is 12.4 Å². The lowest BCUT2D eigenvalue weighted by Gasteiger charge is -1.94. The second-order valence-corrected chi connectivity index (χ2v) is 0.980. The van der Waals surface area contributed by atoms with E-state index >= 15 is 0 Å². The topological polar surface area (TPSA) is 34.1 Å². The van der Waals surface area contributed by atoms with Crippen LogP contribution in [0.1, 0.15) is 0 Å². The molecule has 2 nitrogen and oxygen atoms in total. The van der Waals surface area contributed by atoms with Crippen LogP contribution in [0.15, 0.2) is 0 Å². The first kappa shape index (κ1) is 11.2. The van der Waals surface area contributed by atoms with Crippen molar-refractivity contribution in [2.24, 2.45) is 0 Å². The van der Waals surface area contributed by atoms with Gasteiger partial charge in [0.1, 0.15) is 0 Å². The van der Waals surface area contributed by atoms with Gasteiger partial charge in [0.15, 0.2) is 6.29 Å². The van der Waals surface area contributed by atoms with E-state index in [2.05, 4.69) is 0 Å². The largest absolute Gasteiger partial charge is 0.457 e. The zero-order valence-corrected chi connectivity index (χ0v) is 4.75. The molecule has 0 heterocycles. The third-order valence-electron chi connectivity index (χ3n) is 0.386. The highest BCUT2D eigenvalue weighted by Gasteiger charge is 2.37. The minimum atomic E-state index is -5.00. The van der Waals surface area contributed by atoms with Gasteiger partial charge in [0.2, 0.25) is 0 Å². The second kappa shape index (κ2) is 3.45. The molecule has 0 aliphatic carbocycles. The van der Waals surface area contributed by atoms with Gasteiger partial charge in [0, 0.05) is 0 Å². The number of carbonyl (C=O) groups is 2. The van der Waals surface area contributed by atoms with Crippen LogP contribution in [0.25, 0.3) is 0 Å². The number of hydrogen-bond acceptors (Lipinski definition) is 2. The maximum atomic E-state index is 10.9. The molecule has 9 heavy (non-hydrogen) atoms. The second-order valence-electron chi connectivity index (χ2n) is 0.980. The fourth-order valence-corrected chi connectivity index (χ4v) is 0.0668. The van der Waals surface area contributed by atoms with Gasteiger partial charge in [-0.2, -0.15) is 13.2 Å². The number of hydrogen-bond donors (Lipinski definition) is 0. The SMILES string of the molecule is Cl.O=CC(=O)C(F)(F)F. The summed E-state index contributed by atoms with van der Waals surface area (Å²) < 4.78 is 32.6. The molecular weight excluding hydrogens is 160 g/mol. The molecule has 54 valence electrons. The zero-order valence-electron chi connectivity index (χ0n) is 3.94. The van der Waals surface area contributed by atoms with Crippen molar-refractivity contribution in [2.45, 2.75) is 6.18 Å². The lowest BCUT2D eigenvalue weighted by atomic mass is 10.4. The summed E-state index contributed by atoms with van der Waals surface area (Å²) in [6.07, 6.45) is -5.76. The van der Waals surface area contributed by atoms with E-state index in [4.69, 9.17) is 4.79 Å². The Morgan fingerprint density at radius 1 is 1.33 bits per heavy atom. The fraction of sp³-hybridized carbons (Fsp3) is 0.333. The summed E-state index contributed by atoms with van der Waals surface area (Å²) in [7, 11) is 0. The number of aldehydes is 1. The van der Waals surface area contributed by atoms with Crippen LogP contribution >= 0.6 is 12.4 Å². The summed E-state index contributed by atoms with van der Waals surface area (Å²) in [5.41, 5.74) is 0. The minimum absolute atomic E-state index is 0. The Balaban J connectivity index is 0. The normalized spacial score (nSPS) is 9.67. The van der Waals surface area contributed by atoms with Crippen LogP contribution in [0, 0.1) is 0 Å². The third kappa shape index (κ3) is 3.96. The fourth-order valence-electron chi connectivity index (χ4n) is 0.0668. The Bertz CT molecular complexity index is 119. The monoisotopic (exact) mass is 162 g/mol. The highest BCUT2D eigenvalue weighted by atomic mass is 35.5. The third-order valence-corrected chi connectivity index (χ3v) is 0.386. The number of rotatable bonds is 1. The van der Waals surface area contributed by atoms with Crippen LogP contribution in [0.4, 0.5) is 13.2 Å². The van der Waals surface area contributed by atoms with Gasteiger partial charge < -0.3 is 0 Å². The lowest BCUT2D eigenvalue weighted by molar-refractivity contribution is -0.171. The molecule has 0 saturated carbocycles. The number of ketones is 1. The molecule has 0 amide bonds. The van der Waals surface area contributed by atoms with E-state index in [9.17, 15) is 18.0 Å². The van der Waals surface area contributed by atoms with Gasteiger partial charge in [-0.15, -0.1) is 12.4 Å². The summed E-state index contributed by atoms with van der Waals surface area (Å²) in [6, 6.07) is 0. The average Bonchev–Trinajstić information content (AvgIpc) is 1.62. The quantitative estimate of drug-likeness (QED) is 0.421. The molecular formula is C3H2ClF3O2. The van der Waals surface area contributed by atoms with Crippen molar-refractivity contribution in [1.82, 2.24) is 0 Å². The van der Waals surface area contributed by atoms with Crippen molar-refractivity contribution in [2.75, 3.05) is 0 Å². The van der Waals surface area contributed by atoms with Crippen LogP contribution in [-0.4, -0.2) is 18.2 Å².